The van der Waals surface area contributed by atoms with Gasteiger partial charge >= 0.3 is 0 Å². The van der Waals surface area contributed by atoms with Crippen molar-refractivity contribution in [3.8, 4) is 5.75 Å². The first-order chi connectivity index (χ1) is 12.9. The molecule has 0 atom stereocenters. The highest BCUT2D eigenvalue weighted by Crippen LogP contribution is 2.35. The normalized spacial score (nSPS) is 14.2. The average Bonchev–Trinajstić information content (AvgIpc) is 3.50. The summed E-state index contributed by atoms with van der Waals surface area (Å²) in [5, 5.41) is 2.57. The van der Waals surface area contributed by atoms with E-state index < -0.39 is 10.0 Å². The Morgan fingerprint density at radius 3 is 2.41 bits per heavy atom. The number of halogens is 1. The highest BCUT2D eigenvalue weighted by molar-refractivity contribution is 9.10. The second kappa shape index (κ2) is 8.00. The molecule has 2 aromatic rings. The zero-order chi connectivity index (χ0) is 19.6. The Balaban J connectivity index is 1.87. The predicted molar refractivity (Wildman–Crippen MR) is 106 cm³/mol. The standard InChI is InChI=1S/C19H21BrN2O4S/c1-21-19(23)14-5-3-13(4-6-14)12-22(15-7-8-15)27(24,25)16-9-10-18(26-2)17(20)11-16/h3-6,9-11,15H,7-8,12H2,1-2H3,(H,21,23). The topological polar surface area (TPSA) is 75.7 Å². The number of carbonyl (C=O) groups excluding carboxylic acids is 1. The Morgan fingerprint density at radius 2 is 1.89 bits per heavy atom. The molecule has 8 heteroatoms. The van der Waals surface area contributed by atoms with Gasteiger partial charge in [0.05, 0.1) is 16.5 Å². The summed E-state index contributed by atoms with van der Waals surface area (Å²) >= 11 is 3.35. The number of sulfonamides is 1. The van der Waals surface area contributed by atoms with Gasteiger partial charge in [-0.15, -0.1) is 0 Å². The van der Waals surface area contributed by atoms with Gasteiger partial charge in [0, 0.05) is 25.2 Å². The molecule has 1 amide bonds. The van der Waals surface area contributed by atoms with E-state index in [9.17, 15) is 13.2 Å². The minimum absolute atomic E-state index is 0.00879. The van der Waals surface area contributed by atoms with Crippen LogP contribution in [0.1, 0.15) is 28.8 Å². The molecule has 1 fully saturated rings. The van der Waals surface area contributed by atoms with Gasteiger partial charge in [-0.25, -0.2) is 8.42 Å². The molecule has 2 aromatic carbocycles. The minimum atomic E-state index is -3.65. The molecule has 0 spiro atoms. The van der Waals surface area contributed by atoms with Crippen LogP contribution >= 0.6 is 15.9 Å². The van der Waals surface area contributed by atoms with Crippen LogP contribution in [-0.2, 0) is 16.6 Å². The summed E-state index contributed by atoms with van der Waals surface area (Å²) in [7, 11) is -0.537. The molecule has 0 saturated heterocycles. The number of nitrogens with one attached hydrogen (secondary N) is 1. The molecular weight excluding hydrogens is 432 g/mol. The molecule has 0 radical (unpaired) electrons. The molecule has 1 aliphatic carbocycles. The number of ether oxygens (including phenoxy) is 1. The van der Waals surface area contributed by atoms with Crippen LogP contribution in [0.25, 0.3) is 0 Å². The van der Waals surface area contributed by atoms with Gasteiger partial charge in [-0.1, -0.05) is 12.1 Å². The maximum atomic E-state index is 13.2. The molecule has 0 bridgehead atoms. The molecule has 0 aromatic heterocycles. The molecule has 0 aliphatic heterocycles. The highest BCUT2D eigenvalue weighted by atomic mass is 79.9. The van der Waals surface area contributed by atoms with Crippen molar-refractivity contribution in [3.05, 3.63) is 58.1 Å². The van der Waals surface area contributed by atoms with Crippen LogP contribution in [0.3, 0.4) is 0 Å². The lowest BCUT2D eigenvalue weighted by Gasteiger charge is -2.22. The first-order valence-electron chi connectivity index (χ1n) is 8.53. The molecule has 1 N–H and O–H groups in total. The molecule has 3 rings (SSSR count). The van der Waals surface area contributed by atoms with Gasteiger partial charge in [-0.2, -0.15) is 4.31 Å². The lowest BCUT2D eigenvalue weighted by atomic mass is 10.1. The van der Waals surface area contributed by atoms with Gasteiger partial charge < -0.3 is 10.1 Å². The fourth-order valence-corrected chi connectivity index (χ4v) is 5.19. The van der Waals surface area contributed by atoms with E-state index in [-0.39, 0.29) is 23.4 Å². The molecular formula is C19H21BrN2O4S. The predicted octanol–water partition coefficient (Wildman–Crippen LogP) is 3.17. The van der Waals surface area contributed by atoms with E-state index in [2.05, 4.69) is 21.2 Å². The first kappa shape index (κ1) is 19.9. The summed E-state index contributed by atoms with van der Waals surface area (Å²) in [6.45, 7) is 0.269. The van der Waals surface area contributed by atoms with E-state index in [0.29, 0.717) is 15.8 Å². The Kier molecular flexibility index (Phi) is 5.88. The average molecular weight is 453 g/mol. The lowest BCUT2D eigenvalue weighted by Crippen LogP contribution is -2.32. The third-order valence-corrected chi connectivity index (χ3v) is 6.98. The van der Waals surface area contributed by atoms with Gasteiger partial charge in [0.1, 0.15) is 5.75 Å². The quantitative estimate of drug-likeness (QED) is 0.699. The van der Waals surface area contributed by atoms with E-state index in [1.807, 2.05) is 0 Å². The summed E-state index contributed by atoms with van der Waals surface area (Å²) in [6.07, 6.45) is 1.71. The maximum Gasteiger partial charge on any atom is 0.251 e. The summed E-state index contributed by atoms with van der Waals surface area (Å²) < 4.78 is 33.7. The molecule has 144 valence electrons. The molecule has 0 heterocycles. The van der Waals surface area contributed by atoms with E-state index in [1.165, 1.54) is 11.4 Å². The number of amides is 1. The van der Waals surface area contributed by atoms with Crippen molar-refractivity contribution in [1.29, 1.82) is 0 Å². The second-order valence-corrected chi connectivity index (χ2v) is 9.10. The minimum Gasteiger partial charge on any atom is -0.496 e. The summed E-state index contributed by atoms with van der Waals surface area (Å²) in [5.41, 5.74) is 1.38. The van der Waals surface area contributed by atoms with Crippen molar-refractivity contribution < 1.29 is 17.9 Å². The molecule has 1 aliphatic rings. The van der Waals surface area contributed by atoms with Crippen molar-refractivity contribution in [2.75, 3.05) is 14.2 Å². The monoisotopic (exact) mass is 452 g/mol. The summed E-state index contributed by atoms with van der Waals surface area (Å²) in [4.78, 5) is 11.9. The number of carbonyl (C=O) groups is 1. The second-order valence-electron chi connectivity index (χ2n) is 6.35. The van der Waals surface area contributed by atoms with Gasteiger partial charge in [0.25, 0.3) is 5.91 Å². The van der Waals surface area contributed by atoms with Crippen LogP contribution in [0.4, 0.5) is 0 Å². The Hall–Kier alpha value is -1.90. The number of nitrogens with zero attached hydrogens (tertiary/aromatic N) is 1. The lowest BCUT2D eigenvalue weighted by molar-refractivity contribution is 0.0963. The SMILES string of the molecule is CNC(=O)c1ccc(CN(C2CC2)S(=O)(=O)c2ccc(OC)c(Br)c2)cc1. The van der Waals surface area contributed by atoms with Crippen LogP contribution in [0.2, 0.25) is 0 Å². The Bertz CT molecular complexity index is 941. The number of methoxy groups -OCH3 is 1. The van der Waals surface area contributed by atoms with Crippen molar-refractivity contribution >= 4 is 31.9 Å². The van der Waals surface area contributed by atoms with E-state index in [0.717, 1.165) is 18.4 Å². The summed E-state index contributed by atoms with van der Waals surface area (Å²) in [5.74, 6) is 0.410. The van der Waals surface area contributed by atoms with Gasteiger partial charge in [0.15, 0.2) is 0 Å². The first-order valence-corrected chi connectivity index (χ1v) is 10.8. The van der Waals surface area contributed by atoms with E-state index >= 15 is 0 Å². The maximum absolute atomic E-state index is 13.2. The van der Waals surface area contributed by atoms with Crippen molar-refractivity contribution in [1.82, 2.24) is 9.62 Å². The molecule has 0 unspecified atom stereocenters. The van der Waals surface area contributed by atoms with Crippen molar-refractivity contribution in [2.24, 2.45) is 0 Å². The molecule has 27 heavy (non-hydrogen) atoms. The van der Waals surface area contributed by atoms with Gasteiger partial charge in [-0.3, -0.25) is 4.79 Å². The molecule has 6 nitrogen and oxygen atoms in total. The third-order valence-electron chi connectivity index (χ3n) is 4.47. The van der Waals surface area contributed by atoms with Crippen LogP contribution < -0.4 is 10.1 Å². The fourth-order valence-electron chi connectivity index (χ4n) is 2.80. The Morgan fingerprint density at radius 1 is 1.22 bits per heavy atom. The highest BCUT2D eigenvalue weighted by Gasteiger charge is 2.38. The van der Waals surface area contributed by atoms with Crippen LogP contribution in [0.5, 0.6) is 5.75 Å². The van der Waals surface area contributed by atoms with E-state index in [1.54, 1.807) is 49.5 Å². The van der Waals surface area contributed by atoms with Gasteiger partial charge in [0.2, 0.25) is 10.0 Å². The smallest absolute Gasteiger partial charge is 0.251 e. The van der Waals surface area contributed by atoms with Crippen LogP contribution in [-0.4, -0.2) is 38.8 Å². The van der Waals surface area contributed by atoms with Gasteiger partial charge in [-0.05, 0) is 64.7 Å². The number of hydrogen-bond donors (Lipinski definition) is 1. The van der Waals surface area contributed by atoms with Crippen molar-refractivity contribution in [3.63, 3.8) is 0 Å². The van der Waals surface area contributed by atoms with E-state index in [4.69, 9.17) is 4.74 Å². The summed E-state index contributed by atoms with van der Waals surface area (Å²) in [6, 6.07) is 11.8. The zero-order valence-corrected chi connectivity index (χ0v) is 17.5. The zero-order valence-electron chi connectivity index (χ0n) is 15.1. The largest absolute Gasteiger partial charge is 0.496 e. The number of rotatable bonds is 7. The van der Waals surface area contributed by atoms with Crippen LogP contribution in [0, 0.1) is 0 Å². The number of hydrogen-bond acceptors (Lipinski definition) is 4. The molecule has 1 saturated carbocycles. The third kappa shape index (κ3) is 4.34. The van der Waals surface area contributed by atoms with Crippen LogP contribution in [0.15, 0.2) is 51.8 Å². The number of benzene rings is 2. The fraction of sp³-hybridized carbons (Fsp3) is 0.316. The Labute approximate surface area is 167 Å². The van der Waals surface area contributed by atoms with Crippen molar-refractivity contribution in [2.45, 2.75) is 30.3 Å².